The highest BCUT2D eigenvalue weighted by atomic mass is 127. The number of hydrogen-bond donors (Lipinski definition) is 0. The van der Waals surface area contributed by atoms with E-state index in [0.717, 1.165) is 14.8 Å². The molecule has 1 aromatic rings. The Kier molecular flexibility index (Phi) is 3.73. The molecule has 0 radical (unpaired) electrons. The zero-order valence-corrected chi connectivity index (χ0v) is 13.8. The van der Waals surface area contributed by atoms with Gasteiger partial charge in [-0.05, 0) is 60.1 Å². The molecule has 1 atom stereocenters. The smallest absolute Gasteiger partial charge is 0.240 e. The van der Waals surface area contributed by atoms with Crippen molar-refractivity contribution in [2.24, 2.45) is 11.3 Å². The van der Waals surface area contributed by atoms with Crippen molar-refractivity contribution in [2.45, 2.75) is 34.1 Å². The molecule has 1 heterocycles. The fraction of sp³-hybridized carbons (Fsp3) is 0.467. The molecule has 1 aliphatic heterocycles. The lowest BCUT2D eigenvalue weighted by Crippen LogP contribution is -2.37. The van der Waals surface area contributed by atoms with E-state index < -0.39 is 5.41 Å². The monoisotopic (exact) mass is 371 g/mol. The largest absolute Gasteiger partial charge is 0.274 e. The maximum Gasteiger partial charge on any atom is 0.240 e. The van der Waals surface area contributed by atoms with Gasteiger partial charge in [-0.1, -0.05) is 19.9 Å². The van der Waals surface area contributed by atoms with Crippen LogP contribution in [0.25, 0.3) is 0 Å². The Labute approximate surface area is 127 Å². The summed E-state index contributed by atoms with van der Waals surface area (Å²) in [6, 6.07) is 5.71. The van der Waals surface area contributed by atoms with E-state index in [1.165, 1.54) is 4.90 Å². The van der Waals surface area contributed by atoms with Crippen molar-refractivity contribution in [1.29, 1.82) is 0 Å². The number of hydrogen-bond acceptors (Lipinski definition) is 2. The van der Waals surface area contributed by atoms with Gasteiger partial charge in [0.2, 0.25) is 11.8 Å². The molecule has 1 saturated heterocycles. The summed E-state index contributed by atoms with van der Waals surface area (Å²) >= 11 is 2.22. The Morgan fingerprint density at radius 3 is 2.47 bits per heavy atom. The van der Waals surface area contributed by atoms with Gasteiger partial charge in [-0.25, -0.2) is 4.90 Å². The molecule has 19 heavy (non-hydrogen) atoms. The molecule has 0 bridgehead atoms. The number of amides is 2. The SMILES string of the molecule is Cc1c(I)cccc1N1C(=O)CC(C)(C(C)C)C1=O. The van der Waals surface area contributed by atoms with E-state index in [2.05, 4.69) is 22.6 Å². The minimum Gasteiger partial charge on any atom is -0.274 e. The number of imide groups is 1. The van der Waals surface area contributed by atoms with Gasteiger partial charge < -0.3 is 0 Å². The molecule has 1 aliphatic rings. The van der Waals surface area contributed by atoms with Gasteiger partial charge in [0.25, 0.3) is 0 Å². The summed E-state index contributed by atoms with van der Waals surface area (Å²) in [5, 5.41) is 0. The molecule has 0 saturated carbocycles. The van der Waals surface area contributed by atoms with Crippen molar-refractivity contribution < 1.29 is 9.59 Å². The summed E-state index contributed by atoms with van der Waals surface area (Å²) in [6.45, 7) is 7.83. The van der Waals surface area contributed by atoms with Gasteiger partial charge in [-0.15, -0.1) is 0 Å². The summed E-state index contributed by atoms with van der Waals surface area (Å²) in [4.78, 5) is 26.3. The highest BCUT2D eigenvalue weighted by molar-refractivity contribution is 14.1. The third-order valence-electron chi connectivity index (χ3n) is 4.21. The minimum absolute atomic E-state index is 0.0717. The van der Waals surface area contributed by atoms with E-state index in [9.17, 15) is 9.59 Å². The van der Waals surface area contributed by atoms with Gasteiger partial charge in [0.15, 0.2) is 0 Å². The van der Waals surface area contributed by atoms with Crippen LogP contribution in [0, 0.1) is 21.8 Å². The molecular formula is C15H18INO2. The maximum atomic E-state index is 12.6. The first kappa shape index (κ1) is 14.5. The summed E-state index contributed by atoms with van der Waals surface area (Å²) in [5.74, 6) is -0.0130. The third-order valence-corrected chi connectivity index (χ3v) is 5.38. The van der Waals surface area contributed by atoms with Crippen LogP contribution < -0.4 is 4.90 Å². The number of halogens is 1. The Hall–Kier alpha value is -0.910. The predicted molar refractivity (Wildman–Crippen MR) is 84.0 cm³/mol. The molecule has 0 N–H and O–H groups in total. The lowest BCUT2D eigenvalue weighted by molar-refractivity contribution is -0.126. The van der Waals surface area contributed by atoms with Crippen molar-refractivity contribution >= 4 is 40.1 Å². The molecule has 102 valence electrons. The second-order valence-corrected chi connectivity index (χ2v) is 6.83. The molecule has 1 aromatic carbocycles. The van der Waals surface area contributed by atoms with Crippen LogP contribution in [0.2, 0.25) is 0 Å². The van der Waals surface area contributed by atoms with Crippen LogP contribution in [0.5, 0.6) is 0 Å². The number of rotatable bonds is 2. The molecule has 4 heteroatoms. The first-order valence-electron chi connectivity index (χ1n) is 6.41. The van der Waals surface area contributed by atoms with Gasteiger partial charge in [-0.2, -0.15) is 0 Å². The maximum absolute atomic E-state index is 12.6. The average molecular weight is 371 g/mol. The van der Waals surface area contributed by atoms with Crippen molar-refractivity contribution in [3.8, 4) is 0 Å². The van der Waals surface area contributed by atoms with Crippen molar-refractivity contribution in [3.05, 3.63) is 27.3 Å². The van der Waals surface area contributed by atoms with E-state index in [4.69, 9.17) is 0 Å². The standard InChI is InChI=1S/C15H18INO2/c1-9(2)15(4)8-13(18)17(14(15)19)12-7-5-6-11(16)10(12)3/h5-7,9H,8H2,1-4H3. The average Bonchev–Trinajstić information content (AvgIpc) is 2.56. The lowest BCUT2D eigenvalue weighted by atomic mass is 9.78. The van der Waals surface area contributed by atoms with Crippen molar-refractivity contribution in [1.82, 2.24) is 0 Å². The molecule has 2 amide bonds. The molecular weight excluding hydrogens is 353 g/mol. The molecule has 2 rings (SSSR count). The van der Waals surface area contributed by atoms with Gasteiger partial charge in [0.1, 0.15) is 0 Å². The van der Waals surface area contributed by atoms with E-state index in [-0.39, 0.29) is 17.7 Å². The molecule has 1 fully saturated rings. The van der Waals surface area contributed by atoms with Crippen LogP contribution >= 0.6 is 22.6 Å². The highest BCUT2D eigenvalue weighted by Crippen LogP contribution is 2.42. The van der Waals surface area contributed by atoms with Crippen LogP contribution in [0.3, 0.4) is 0 Å². The number of carbonyl (C=O) groups excluding carboxylic acids is 2. The van der Waals surface area contributed by atoms with Gasteiger partial charge in [-0.3, -0.25) is 9.59 Å². The second-order valence-electron chi connectivity index (χ2n) is 5.67. The molecule has 0 spiro atoms. The van der Waals surface area contributed by atoms with Crippen LogP contribution in [-0.4, -0.2) is 11.8 Å². The molecule has 0 aromatic heterocycles. The Morgan fingerprint density at radius 1 is 1.32 bits per heavy atom. The van der Waals surface area contributed by atoms with E-state index >= 15 is 0 Å². The predicted octanol–water partition coefficient (Wildman–Crippen LogP) is 3.53. The summed E-state index contributed by atoms with van der Waals surface area (Å²) in [5.41, 5.74) is 1.13. The van der Waals surface area contributed by atoms with E-state index in [0.29, 0.717) is 6.42 Å². The lowest BCUT2D eigenvalue weighted by Gasteiger charge is -2.26. The number of nitrogens with zero attached hydrogens (tertiary/aromatic N) is 1. The summed E-state index contributed by atoms with van der Waals surface area (Å²) in [7, 11) is 0. The Morgan fingerprint density at radius 2 is 1.95 bits per heavy atom. The highest BCUT2D eigenvalue weighted by Gasteiger charge is 2.50. The van der Waals surface area contributed by atoms with Crippen LogP contribution in [-0.2, 0) is 9.59 Å². The molecule has 1 unspecified atom stereocenters. The fourth-order valence-corrected chi connectivity index (χ4v) is 2.85. The minimum atomic E-state index is -0.579. The zero-order chi connectivity index (χ0) is 14.4. The first-order valence-corrected chi connectivity index (χ1v) is 7.49. The van der Waals surface area contributed by atoms with Crippen molar-refractivity contribution in [2.75, 3.05) is 4.90 Å². The number of carbonyl (C=O) groups is 2. The summed E-state index contributed by atoms with van der Waals surface area (Å²) < 4.78 is 1.06. The normalized spacial score (nSPS) is 23.6. The molecule has 0 aliphatic carbocycles. The molecule has 3 nitrogen and oxygen atoms in total. The van der Waals surface area contributed by atoms with Crippen LogP contribution in [0.1, 0.15) is 32.8 Å². The van der Waals surface area contributed by atoms with Crippen LogP contribution in [0.15, 0.2) is 18.2 Å². The van der Waals surface area contributed by atoms with Gasteiger partial charge in [0, 0.05) is 9.99 Å². The number of anilines is 1. The topological polar surface area (TPSA) is 37.4 Å². The van der Waals surface area contributed by atoms with E-state index in [1.54, 1.807) is 0 Å². The van der Waals surface area contributed by atoms with Gasteiger partial charge >= 0.3 is 0 Å². The summed E-state index contributed by atoms with van der Waals surface area (Å²) in [6.07, 6.45) is 0.300. The second kappa shape index (κ2) is 4.89. The Balaban J connectivity index is 2.50. The quantitative estimate of drug-likeness (QED) is 0.589. The first-order chi connectivity index (χ1) is 8.79. The van der Waals surface area contributed by atoms with Crippen LogP contribution in [0.4, 0.5) is 5.69 Å². The third kappa shape index (κ3) is 2.20. The fourth-order valence-electron chi connectivity index (χ4n) is 2.37. The zero-order valence-electron chi connectivity index (χ0n) is 11.7. The van der Waals surface area contributed by atoms with E-state index in [1.807, 2.05) is 45.9 Å². The Bertz CT molecular complexity index is 553. The van der Waals surface area contributed by atoms with Crippen molar-refractivity contribution in [3.63, 3.8) is 0 Å². The van der Waals surface area contributed by atoms with Gasteiger partial charge in [0.05, 0.1) is 11.1 Å². The number of benzene rings is 1.